The molecule has 2 aromatic rings. The normalized spacial score (nSPS) is 10.1. The summed E-state index contributed by atoms with van der Waals surface area (Å²) in [7, 11) is 0. The lowest BCUT2D eigenvalue weighted by molar-refractivity contribution is -0.402. The van der Waals surface area contributed by atoms with E-state index in [1.54, 1.807) is 0 Å². The molecule has 21 heavy (non-hydrogen) atoms. The predicted octanol–water partition coefficient (Wildman–Crippen LogP) is 2.79. The van der Waals surface area contributed by atoms with Crippen LogP contribution in [-0.2, 0) is 0 Å². The lowest BCUT2D eigenvalue weighted by atomic mass is 10.2. The molecular formula is C12H7ClN2O6. The Labute approximate surface area is 122 Å². The number of nitrogens with one attached hydrogen (secondary N) is 1. The lowest BCUT2D eigenvalue weighted by Gasteiger charge is -2.05. The van der Waals surface area contributed by atoms with Gasteiger partial charge in [0, 0.05) is 5.69 Å². The Morgan fingerprint density at radius 3 is 2.52 bits per heavy atom. The van der Waals surface area contributed by atoms with Crippen molar-refractivity contribution in [2.45, 2.75) is 0 Å². The van der Waals surface area contributed by atoms with Crippen LogP contribution in [0.4, 0.5) is 11.6 Å². The van der Waals surface area contributed by atoms with Gasteiger partial charge in [-0.3, -0.25) is 14.9 Å². The van der Waals surface area contributed by atoms with Crippen LogP contribution in [0.2, 0.25) is 5.02 Å². The highest BCUT2D eigenvalue weighted by Crippen LogP contribution is 2.22. The van der Waals surface area contributed by atoms with Crippen LogP contribution in [0.15, 0.2) is 34.7 Å². The largest absolute Gasteiger partial charge is 0.478 e. The number of hydrogen-bond acceptors (Lipinski definition) is 5. The molecule has 108 valence electrons. The van der Waals surface area contributed by atoms with E-state index in [1.807, 2.05) is 0 Å². The number of hydrogen-bond donors (Lipinski definition) is 2. The Morgan fingerprint density at radius 2 is 2.00 bits per heavy atom. The summed E-state index contributed by atoms with van der Waals surface area (Å²) in [4.78, 5) is 32.3. The zero-order chi connectivity index (χ0) is 15.6. The van der Waals surface area contributed by atoms with Crippen LogP contribution in [0.25, 0.3) is 0 Å². The Kier molecular flexibility index (Phi) is 3.90. The summed E-state index contributed by atoms with van der Waals surface area (Å²) >= 11 is 5.75. The Hall–Kier alpha value is -2.87. The third kappa shape index (κ3) is 3.18. The first kappa shape index (κ1) is 14.5. The molecule has 0 fully saturated rings. The van der Waals surface area contributed by atoms with Gasteiger partial charge in [0.05, 0.1) is 16.7 Å². The van der Waals surface area contributed by atoms with E-state index in [4.69, 9.17) is 21.1 Å². The summed E-state index contributed by atoms with van der Waals surface area (Å²) in [6.45, 7) is 0. The maximum Gasteiger partial charge on any atom is 0.433 e. The van der Waals surface area contributed by atoms with Crippen molar-refractivity contribution in [1.82, 2.24) is 0 Å². The summed E-state index contributed by atoms with van der Waals surface area (Å²) in [5.74, 6) is -2.72. The second-order valence-electron chi connectivity index (χ2n) is 3.85. The van der Waals surface area contributed by atoms with Crippen molar-refractivity contribution in [3.8, 4) is 0 Å². The fraction of sp³-hybridized carbons (Fsp3) is 0. The van der Waals surface area contributed by atoms with Crippen LogP contribution in [-0.4, -0.2) is 21.9 Å². The van der Waals surface area contributed by atoms with Crippen molar-refractivity contribution >= 4 is 35.0 Å². The molecule has 1 heterocycles. The molecule has 0 aliphatic heterocycles. The number of benzene rings is 1. The number of halogens is 1. The molecule has 9 heteroatoms. The molecule has 1 aromatic heterocycles. The highest BCUT2D eigenvalue weighted by atomic mass is 35.5. The highest BCUT2D eigenvalue weighted by molar-refractivity contribution is 6.33. The lowest BCUT2D eigenvalue weighted by Crippen LogP contribution is -2.11. The standard InChI is InChI=1S/C12H7ClN2O6/c13-8-5-6(1-2-7(8)12(17)18)14-11(16)9-3-4-10(21-9)15(19)20/h1-5H,(H,14,16)(H,17,18). The number of nitrogens with zero attached hydrogens (tertiary/aromatic N) is 1. The van der Waals surface area contributed by atoms with Crippen LogP contribution in [0, 0.1) is 10.1 Å². The number of carboxylic acids is 1. The van der Waals surface area contributed by atoms with Gasteiger partial charge in [0.2, 0.25) is 0 Å². The average molecular weight is 311 g/mol. The van der Waals surface area contributed by atoms with Gasteiger partial charge in [0.1, 0.15) is 4.92 Å². The van der Waals surface area contributed by atoms with E-state index >= 15 is 0 Å². The molecule has 0 radical (unpaired) electrons. The molecule has 0 bridgehead atoms. The van der Waals surface area contributed by atoms with Crippen LogP contribution < -0.4 is 5.32 Å². The summed E-state index contributed by atoms with van der Waals surface area (Å²) in [6, 6.07) is 6.02. The zero-order valence-corrected chi connectivity index (χ0v) is 11.0. The summed E-state index contributed by atoms with van der Waals surface area (Å²) in [6.07, 6.45) is 0. The monoisotopic (exact) mass is 310 g/mol. The third-order valence-corrected chi connectivity index (χ3v) is 2.77. The fourth-order valence-electron chi connectivity index (χ4n) is 1.51. The maximum absolute atomic E-state index is 11.8. The number of furan rings is 1. The number of aromatic carboxylic acids is 1. The number of carboxylic acid groups (broad SMARTS) is 1. The number of rotatable bonds is 4. The molecule has 0 unspecified atom stereocenters. The molecule has 2 rings (SSSR count). The van der Waals surface area contributed by atoms with E-state index in [0.29, 0.717) is 0 Å². The molecule has 0 aliphatic carbocycles. The molecule has 2 N–H and O–H groups in total. The molecule has 0 spiro atoms. The maximum atomic E-state index is 11.8. The number of amides is 1. The number of carbonyl (C=O) groups excluding carboxylic acids is 1. The molecule has 1 aromatic carbocycles. The molecule has 0 saturated heterocycles. The van der Waals surface area contributed by atoms with Gasteiger partial charge in [-0.05, 0) is 24.3 Å². The van der Waals surface area contributed by atoms with E-state index in [1.165, 1.54) is 18.2 Å². The molecule has 0 saturated carbocycles. The average Bonchev–Trinajstić information content (AvgIpc) is 2.88. The summed E-state index contributed by atoms with van der Waals surface area (Å²) in [5, 5.41) is 21.6. The second-order valence-corrected chi connectivity index (χ2v) is 4.26. The van der Waals surface area contributed by atoms with Gasteiger partial charge >= 0.3 is 11.9 Å². The second kappa shape index (κ2) is 5.63. The van der Waals surface area contributed by atoms with Gasteiger partial charge in [0.15, 0.2) is 5.76 Å². The van der Waals surface area contributed by atoms with E-state index in [-0.39, 0.29) is 22.0 Å². The molecule has 8 nitrogen and oxygen atoms in total. The van der Waals surface area contributed by atoms with E-state index < -0.39 is 22.7 Å². The minimum Gasteiger partial charge on any atom is -0.478 e. The minimum absolute atomic E-state index is 0.0503. The van der Waals surface area contributed by atoms with E-state index in [0.717, 1.165) is 12.1 Å². The smallest absolute Gasteiger partial charge is 0.433 e. The highest BCUT2D eigenvalue weighted by Gasteiger charge is 2.18. The van der Waals surface area contributed by atoms with Crippen molar-refractivity contribution in [3.05, 3.63) is 56.8 Å². The van der Waals surface area contributed by atoms with Crippen LogP contribution in [0.3, 0.4) is 0 Å². The van der Waals surface area contributed by atoms with Gasteiger partial charge in [0.25, 0.3) is 5.91 Å². The van der Waals surface area contributed by atoms with E-state index in [9.17, 15) is 19.7 Å². The molecule has 0 atom stereocenters. The Balaban J connectivity index is 2.17. The Bertz CT molecular complexity index is 739. The van der Waals surface area contributed by atoms with Gasteiger partial charge in [-0.2, -0.15) is 0 Å². The van der Waals surface area contributed by atoms with Crippen molar-refractivity contribution in [3.63, 3.8) is 0 Å². The third-order valence-electron chi connectivity index (χ3n) is 2.45. The van der Waals surface area contributed by atoms with Crippen molar-refractivity contribution in [2.24, 2.45) is 0 Å². The van der Waals surface area contributed by atoms with Crippen LogP contribution >= 0.6 is 11.6 Å². The van der Waals surface area contributed by atoms with Crippen LogP contribution in [0.1, 0.15) is 20.9 Å². The summed E-state index contributed by atoms with van der Waals surface area (Å²) < 4.78 is 4.73. The van der Waals surface area contributed by atoms with Gasteiger partial charge in [-0.1, -0.05) is 11.6 Å². The van der Waals surface area contributed by atoms with Crippen molar-refractivity contribution < 1.29 is 24.0 Å². The SMILES string of the molecule is O=C(Nc1ccc(C(=O)O)c(Cl)c1)c1ccc([N+](=O)[O-])o1. The fourth-order valence-corrected chi connectivity index (χ4v) is 1.77. The number of nitro groups is 1. The Morgan fingerprint density at radius 1 is 1.29 bits per heavy atom. The van der Waals surface area contributed by atoms with Crippen molar-refractivity contribution in [1.29, 1.82) is 0 Å². The van der Waals surface area contributed by atoms with Crippen molar-refractivity contribution in [2.75, 3.05) is 5.32 Å². The summed E-state index contributed by atoms with van der Waals surface area (Å²) in [5.41, 5.74) is 0.123. The van der Waals surface area contributed by atoms with Crippen LogP contribution in [0.5, 0.6) is 0 Å². The first-order valence-electron chi connectivity index (χ1n) is 5.47. The van der Waals surface area contributed by atoms with E-state index in [2.05, 4.69) is 5.32 Å². The topological polar surface area (TPSA) is 123 Å². The molecule has 1 amide bonds. The molecule has 0 aliphatic rings. The number of anilines is 1. The first-order valence-corrected chi connectivity index (χ1v) is 5.84. The van der Waals surface area contributed by atoms with Gasteiger partial charge < -0.3 is 14.8 Å². The first-order chi connectivity index (χ1) is 9.88. The van der Waals surface area contributed by atoms with Gasteiger partial charge in [-0.15, -0.1) is 0 Å². The van der Waals surface area contributed by atoms with Gasteiger partial charge in [-0.25, -0.2) is 4.79 Å². The quantitative estimate of drug-likeness (QED) is 0.661. The molecular weight excluding hydrogens is 304 g/mol. The predicted molar refractivity (Wildman–Crippen MR) is 71.7 cm³/mol. The zero-order valence-electron chi connectivity index (χ0n) is 10.2. The minimum atomic E-state index is -1.19. The number of carbonyl (C=O) groups is 2.